The summed E-state index contributed by atoms with van der Waals surface area (Å²) in [6, 6.07) is 8.50. The zero-order valence-electron chi connectivity index (χ0n) is 47.6. The number of carbonyl (C=O) groups excluding carboxylic acids is 7. The zero-order valence-corrected chi connectivity index (χ0v) is 47.6. The summed E-state index contributed by atoms with van der Waals surface area (Å²) in [4.78, 5) is 122. The number of aliphatic carboxylic acids is 1. The van der Waals surface area contributed by atoms with Crippen LogP contribution >= 0.6 is 0 Å². The van der Waals surface area contributed by atoms with E-state index < -0.39 is 109 Å². The summed E-state index contributed by atoms with van der Waals surface area (Å²) in [5.74, 6) is -6.04. The van der Waals surface area contributed by atoms with Gasteiger partial charge in [-0.25, -0.2) is 9.59 Å². The van der Waals surface area contributed by atoms with Gasteiger partial charge >= 0.3 is 11.9 Å². The number of amides is 6. The highest BCUT2D eigenvalue weighted by atomic mass is 16.5. The molecule has 2 aromatic carbocycles. The lowest BCUT2D eigenvalue weighted by Gasteiger charge is -2.37. The van der Waals surface area contributed by atoms with Crippen LogP contribution in [0.4, 0.5) is 0 Å². The lowest BCUT2D eigenvalue weighted by molar-refractivity contribution is -0.160. The average Bonchev–Trinajstić information content (AvgIpc) is 3.35. The monoisotopic (exact) mass is 1050 g/mol. The van der Waals surface area contributed by atoms with E-state index in [1.54, 1.807) is 98.7 Å². The maximum Gasteiger partial charge on any atom is 0.329 e. The number of carboxylic acids is 1. The van der Waals surface area contributed by atoms with Crippen molar-refractivity contribution in [2.24, 2.45) is 23.7 Å². The van der Waals surface area contributed by atoms with Crippen LogP contribution in [0.5, 0.6) is 0 Å². The van der Waals surface area contributed by atoms with Crippen molar-refractivity contribution < 1.29 is 53.3 Å². The van der Waals surface area contributed by atoms with Crippen LogP contribution in [0, 0.1) is 23.7 Å². The third-order valence-corrected chi connectivity index (χ3v) is 13.4. The molecule has 0 bridgehead atoms. The predicted octanol–water partition coefficient (Wildman–Crippen LogP) is 3.41. The van der Waals surface area contributed by atoms with Gasteiger partial charge in [0.1, 0.15) is 42.9 Å². The molecule has 2 rings (SSSR count). The first-order valence-corrected chi connectivity index (χ1v) is 26.1. The molecule has 75 heavy (non-hydrogen) atoms. The number of rotatable bonds is 31. The Bertz CT molecular complexity index is 2160. The molecule has 0 saturated carbocycles. The molecule has 0 unspecified atom stereocenters. The first-order chi connectivity index (χ1) is 35.0. The molecule has 0 aliphatic carbocycles. The first kappa shape index (κ1) is 65.2. The van der Waals surface area contributed by atoms with Gasteiger partial charge in [0.05, 0.1) is 18.7 Å². The van der Waals surface area contributed by atoms with Crippen LogP contribution in [0.2, 0.25) is 0 Å². The first-order valence-electron chi connectivity index (χ1n) is 26.1. The summed E-state index contributed by atoms with van der Waals surface area (Å²) in [5.41, 5.74) is 1.34. The van der Waals surface area contributed by atoms with Gasteiger partial charge in [0, 0.05) is 41.0 Å². The van der Waals surface area contributed by atoms with Gasteiger partial charge in [0.2, 0.25) is 35.4 Å². The van der Waals surface area contributed by atoms with E-state index in [9.17, 15) is 48.6 Å². The van der Waals surface area contributed by atoms with Crippen LogP contribution in [-0.4, -0.2) is 205 Å². The molecule has 420 valence electrons. The molecule has 0 saturated heterocycles. The molecule has 0 spiro atoms. The number of nitrogens with one attached hydrogen (secondary N) is 2. The maximum absolute atomic E-state index is 14.9. The second kappa shape index (κ2) is 31.2. The Labute approximate surface area is 446 Å². The van der Waals surface area contributed by atoms with Crippen molar-refractivity contribution in [3.8, 4) is 0 Å². The lowest BCUT2D eigenvalue weighted by Crippen LogP contribution is -2.60. The van der Waals surface area contributed by atoms with Gasteiger partial charge < -0.3 is 45.2 Å². The van der Waals surface area contributed by atoms with Gasteiger partial charge in [-0.2, -0.15) is 0 Å². The third kappa shape index (κ3) is 20.3. The van der Waals surface area contributed by atoms with Crippen LogP contribution in [0.1, 0.15) is 92.2 Å². The molecule has 6 amide bonds. The summed E-state index contributed by atoms with van der Waals surface area (Å²) < 4.78 is 6.00. The number of likely N-dealkylation sites (N-methyl/N-ethyl adjacent to an activating group) is 6. The fourth-order valence-electron chi connectivity index (χ4n) is 8.92. The minimum Gasteiger partial charge on any atom is -0.480 e. The van der Waals surface area contributed by atoms with Crippen LogP contribution < -0.4 is 10.6 Å². The summed E-state index contributed by atoms with van der Waals surface area (Å²) in [6.45, 7) is 13.8. The average molecular weight is 1050 g/mol. The molecule has 19 nitrogen and oxygen atoms in total. The van der Waals surface area contributed by atoms with E-state index in [0.29, 0.717) is 24.0 Å². The highest BCUT2D eigenvalue weighted by Gasteiger charge is 2.41. The Balaban J connectivity index is 2.66. The van der Waals surface area contributed by atoms with E-state index in [0.717, 1.165) is 4.90 Å². The summed E-state index contributed by atoms with van der Waals surface area (Å²) in [6.07, 6.45) is 1.11. The fraction of sp³-hybridized carbons (Fsp3) is 0.643. The molecular formula is C56H90N8O11. The number of hydrogen-bond acceptors (Lipinski definition) is 12. The highest BCUT2D eigenvalue weighted by molar-refractivity contribution is 5.96. The minimum atomic E-state index is -1.55. The van der Waals surface area contributed by atoms with Crippen molar-refractivity contribution in [2.45, 2.75) is 142 Å². The number of esters is 1. The van der Waals surface area contributed by atoms with Crippen molar-refractivity contribution in [3.63, 3.8) is 0 Å². The normalized spacial score (nSPS) is 14.9. The van der Waals surface area contributed by atoms with Gasteiger partial charge in [0.15, 0.2) is 0 Å². The Morgan fingerprint density at radius 1 is 0.453 bits per heavy atom. The maximum atomic E-state index is 14.9. The molecular weight excluding hydrogens is 961 g/mol. The van der Waals surface area contributed by atoms with Gasteiger partial charge in [-0.05, 0) is 88.7 Å². The Morgan fingerprint density at radius 2 is 0.773 bits per heavy atom. The quantitative estimate of drug-likeness (QED) is 0.0795. The Morgan fingerprint density at radius 3 is 1.12 bits per heavy atom. The molecule has 0 heterocycles. The third-order valence-electron chi connectivity index (χ3n) is 13.4. The van der Waals surface area contributed by atoms with Gasteiger partial charge in [-0.1, -0.05) is 116 Å². The molecule has 0 fully saturated rings. The van der Waals surface area contributed by atoms with Crippen molar-refractivity contribution >= 4 is 47.4 Å². The number of hydrogen-bond donors (Lipinski definition) is 4. The molecule has 19 heteroatoms. The van der Waals surface area contributed by atoms with E-state index in [4.69, 9.17) is 4.74 Å². The van der Waals surface area contributed by atoms with Crippen molar-refractivity contribution in [2.75, 3.05) is 69.6 Å². The molecule has 0 radical (unpaired) electrons. The van der Waals surface area contributed by atoms with E-state index in [-0.39, 0.29) is 49.4 Å². The SMILES string of the molecule is CC(C)C[C@@H](C(=O)N[C@@H](COC(=O)[C@H](Cc1ccccc1)N(C)C(=O)[C@H](CC(C)C)N(C)C(=O)[C@H](CO)NC(=O)[C@H](CC(C)C)N(C)C)C(=O)N(C)[C@@H](CC(C)C)C(=O)N(C)[C@@H](Cc1ccccc1)C(=O)O)N(C)C. The second-order valence-electron chi connectivity index (χ2n) is 22.0. The predicted molar refractivity (Wildman–Crippen MR) is 289 cm³/mol. The molecule has 4 N–H and O–H groups in total. The number of ether oxygens (including phenoxy) is 1. The largest absolute Gasteiger partial charge is 0.480 e. The van der Waals surface area contributed by atoms with Gasteiger partial charge in [-0.3, -0.25) is 38.6 Å². The van der Waals surface area contributed by atoms with Gasteiger partial charge in [0.25, 0.3) is 0 Å². The summed E-state index contributed by atoms with van der Waals surface area (Å²) >= 11 is 0. The molecule has 8 atom stereocenters. The second-order valence-corrected chi connectivity index (χ2v) is 22.0. The van der Waals surface area contributed by atoms with E-state index in [1.165, 1.54) is 42.9 Å². The zero-order chi connectivity index (χ0) is 57.0. The van der Waals surface area contributed by atoms with E-state index >= 15 is 0 Å². The topological polar surface area (TPSA) is 230 Å². The summed E-state index contributed by atoms with van der Waals surface area (Å²) in [7, 11) is 12.5. The van der Waals surface area contributed by atoms with Gasteiger partial charge in [-0.15, -0.1) is 0 Å². The van der Waals surface area contributed by atoms with E-state index in [2.05, 4.69) is 10.6 Å². The highest BCUT2D eigenvalue weighted by Crippen LogP contribution is 2.22. The van der Waals surface area contributed by atoms with Crippen LogP contribution in [0.15, 0.2) is 60.7 Å². The van der Waals surface area contributed by atoms with Crippen LogP contribution in [0.25, 0.3) is 0 Å². The Kier molecular flexibility index (Phi) is 27.1. The lowest BCUT2D eigenvalue weighted by atomic mass is 9.98. The van der Waals surface area contributed by atoms with Crippen molar-refractivity contribution in [1.82, 2.24) is 40.0 Å². The fourth-order valence-corrected chi connectivity index (χ4v) is 8.92. The number of carbonyl (C=O) groups is 8. The number of benzene rings is 2. The van der Waals surface area contributed by atoms with Crippen molar-refractivity contribution in [1.29, 1.82) is 0 Å². The Hall–Kier alpha value is -5.92. The van der Waals surface area contributed by atoms with Crippen LogP contribution in [0.3, 0.4) is 0 Å². The number of aliphatic hydroxyl groups excluding tert-OH is 1. The molecule has 0 aliphatic heterocycles. The number of nitrogens with zero attached hydrogens (tertiary/aromatic N) is 6. The molecule has 0 aromatic heterocycles. The number of aliphatic hydroxyl groups is 1. The standard InChI is InChI=1S/C56H90N8O11/c1-35(2)27-43(59(9)10)49(66)57-41(33-65)51(68)61(13)46(30-38(7)8)54(71)64(16)48(32-40-25-21-18-22-26-40)56(74)75-34-42(58-50(67)44(60(11)12)28-36(3)4)52(69)62(14)45(29-37(5)6)53(70)63(15)47(55(72)73)31-39-23-19-17-20-24-39/h17-26,35-38,41-48,65H,27-34H2,1-16H3,(H,57,66)(H,58,67)(H,72,73)/t41-,42-,43-,44-,45-,46-,47-,48-/m0/s1. The van der Waals surface area contributed by atoms with Crippen LogP contribution in [-0.2, 0) is 55.9 Å². The summed E-state index contributed by atoms with van der Waals surface area (Å²) in [5, 5.41) is 26.3. The minimum absolute atomic E-state index is 0.00415. The smallest absolute Gasteiger partial charge is 0.329 e. The van der Waals surface area contributed by atoms with E-state index in [1.807, 2.05) is 55.4 Å². The van der Waals surface area contributed by atoms with Crippen molar-refractivity contribution in [3.05, 3.63) is 71.8 Å². The molecule has 0 aliphatic rings. The molecule has 2 aromatic rings. The number of carboxylic acid groups (broad SMARTS) is 1.